The van der Waals surface area contributed by atoms with Crippen LogP contribution in [-0.2, 0) is 0 Å². The topological polar surface area (TPSA) is 60.7 Å². The van der Waals surface area contributed by atoms with E-state index in [1.165, 1.54) is 0 Å². The second kappa shape index (κ2) is 7.06. The fourth-order valence-electron chi connectivity index (χ4n) is 2.83. The van der Waals surface area contributed by atoms with E-state index in [4.69, 9.17) is 0 Å². The fraction of sp³-hybridized carbons (Fsp3) is 0.143. The van der Waals surface area contributed by atoms with E-state index < -0.39 is 0 Å². The molecule has 2 N–H and O–H groups in total. The molecular weight excluding hydrogens is 308 g/mol. The molecule has 0 bridgehead atoms. The molecule has 2 aromatic carbocycles. The van der Waals surface area contributed by atoms with Crippen LogP contribution in [0.15, 0.2) is 49.2 Å². The highest BCUT2D eigenvalue weighted by molar-refractivity contribution is 5.98. The molecule has 0 spiro atoms. The van der Waals surface area contributed by atoms with E-state index in [1.807, 2.05) is 30.3 Å². The van der Waals surface area contributed by atoms with Gasteiger partial charge in [-0.05, 0) is 49.2 Å². The zero-order chi connectivity index (χ0) is 17.8. The average molecular weight is 328 g/mol. The van der Waals surface area contributed by atoms with Crippen LogP contribution in [0.4, 0.5) is 17.1 Å². The van der Waals surface area contributed by atoms with Crippen molar-refractivity contribution in [1.82, 2.24) is 4.98 Å². The number of hydrogen-bond donors (Lipinski definition) is 2. The number of benzene rings is 2. The number of aromatic nitrogens is 1. The molecule has 124 valence electrons. The number of hydrogen-bond acceptors (Lipinski definition) is 4. The number of nitrogens with one attached hydrogen (secondary N) is 2. The molecule has 1 aromatic heterocycles. The van der Waals surface area contributed by atoms with E-state index in [0.29, 0.717) is 5.56 Å². The summed E-state index contributed by atoms with van der Waals surface area (Å²) in [4.78, 5) is 4.44. The maximum atomic E-state index is 9.52. The third kappa shape index (κ3) is 3.31. The van der Waals surface area contributed by atoms with E-state index >= 15 is 0 Å². The van der Waals surface area contributed by atoms with E-state index in [-0.39, 0.29) is 0 Å². The summed E-state index contributed by atoms with van der Waals surface area (Å²) in [6, 6.07) is 14.3. The number of anilines is 3. The van der Waals surface area contributed by atoms with Gasteiger partial charge in [0.1, 0.15) is 6.07 Å². The van der Waals surface area contributed by atoms with Crippen LogP contribution in [0.3, 0.4) is 0 Å². The van der Waals surface area contributed by atoms with Crippen molar-refractivity contribution in [2.24, 2.45) is 0 Å². The third-order valence-corrected chi connectivity index (χ3v) is 4.09. The number of nitriles is 1. The SMILES string of the molecule is C=Cc1cccc(Nc2c(C#N)cnc3cc(C)c(NCC)cc23)c1. The van der Waals surface area contributed by atoms with Crippen molar-refractivity contribution in [2.45, 2.75) is 13.8 Å². The summed E-state index contributed by atoms with van der Waals surface area (Å²) in [5.74, 6) is 0. The van der Waals surface area contributed by atoms with Crippen molar-refractivity contribution in [1.29, 1.82) is 5.26 Å². The van der Waals surface area contributed by atoms with Crippen LogP contribution < -0.4 is 10.6 Å². The highest BCUT2D eigenvalue weighted by atomic mass is 14.9. The van der Waals surface area contributed by atoms with Crippen molar-refractivity contribution in [3.8, 4) is 6.07 Å². The second-order valence-corrected chi connectivity index (χ2v) is 5.83. The van der Waals surface area contributed by atoms with Gasteiger partial charge in [0.05, 0.1) is 16.8 Å². The van der Waals surface area contributed by atoms with Gasteiger partial charge in [-0.25, -0.2) is 0 Å². The third-order valence-electron chi connectivity index (χ3n) is 4.09. The number of fused-ring (bicyclic) bond motifs is 1. The van der Waals surface area contributed by atoms with Gasteiger partial charge in [0.25, 0.3) is 0 Å². The van der Waals surface area contributed by atoms with E-state index in [2.05, 4.69) is 48.2 Å². The van der Waals surface area contributed by atoms with Gasteiger partial charge in [0, 0.05) is 29.5 Å². The van der Waals surface area contributed by atoms with Gasteiger partial charge in [-0.15, -0.1) is 0 Å². The molecule has 0 saturated carbocycles. The van der Waals surface area contributed by atoms with E-state index in [0.717, 1.165) is 45.6 Å². The molecule has 0 aliphatic carbocycles. The smallest absolute Gasteiger partial charge is 0.103 e. The molecule has 0 fully saturated rings. The number of rotatable bonds is 5. The Bertz CT molecular complexity index is 983. The Morgan fingerprint density at radius 1 is 1.28 bits per heavy atom. The highest BCUT2D eigenvalue weighted by Crippen LogP contribution is 2.32. The van der Waals surface area contributed by atoms with Crippen molar-refractivity contribution in [3.05, 3.63) is 65.9 Å². The molecule has 0 aliphatic heterocycles. The minimum absolute atomic E-state index is 0.516. The molecule has 4 nitrogen and oxygen atoms in total. The maximum Gasteiger partial charge on any atom is 0.103 e. The first-order valence-corrected chi connectivity index (χ1v) is 8.23. The van der Waals surface area contributed by atoms with Crippen LogP contribution in [0.2, 0.25) is 0 Å². The summed E-state index contributed by atoms with van der Waals surface area (Å²) in [7, 11) is 0. The normalized spacial score (nSPS) is 10.3. The summed E-state index contributed by atoms with van der Waals surface area (Å²) in [6.07, 6.45) is 3.42. The Morgan fingerprint density at radius 3 is 2.84 bits per heavy atom. The van der Waals surface area contributed by atoms with Crippen molar-refractivity contribution >= 4 is 34.0 Å². The molecule has 3 aromatic rings. The van der Waals surface area contributed by atoms with Gasteiger partial charge < -0.3 is 10.6 Å². The van der Waals surface area contributed by atoms with Crippen LogP contribution in [0, 0.1) is 18.3 Å². The molecule has 0 aliphatic rings. The lowest BCUT2D eigenvalue weighted by Gasteiger charge is -2.15. The maximum absolute atomic E-state index is 9.52. The Kier molecular flexibility index (Phi) is 4.67. The Labute approximate surface area is 147 Å². The molecule has 0 radical (unpaired) electrons. The quantitative estimate of drug-likeness (QED) is 0.673. The Hall–Kier alpha value is -3.32. The molecule has 3 rings (SSSR count). The van der Waals surface area contributed by atoms with Crippen LogP contribution in [0.1, 0.15) is 23.6 Å². The summed E-state index contributed by atoms with van der Waals surface area (Å²) >= 11 is 0. The molecular formula is C21H20N4. The molecule has 1 heterocycles. The lowest BCUT2D eigenvalue weighted by Crippen LogP contribution is -2.01. The van der Waals surface area contributed by atoms with Crippen molar-refractivity contribution in [3.63, 3.8) is 0 Å². The van der Waals surface area contributed by atoms with Crippen LogP contribution in [0.5, 0.6) is 0 Å². The minimum atomic E-state index is 0.516. The monoisotopic (exact) mass is 328 g/mol. The number of pyridine rings is 1. The van der Waals surface area contributed by atoms with E-state index in [1.54, 1.807) is 12.3 Å². The molecule has 0 amide bonds. The predicted molar refractivity (Wildman–Crippen MR) is 105 cm³/mol. The first-order valence-electron chi connectivity index (χ1n) is 8.23. The largest absolute Gasteiger partial charge is 0.385 e. The molecule has 0 atom stereocenters. The molecule has 0 saturated heterocycles. The lowest BCUT2D eigenvalue weighted by molar-refractivity contribution is 1.20. The first kappa shape index (κ1) is 16.5. The number of aryl methyl sites for hydroxylation is 1. The fourth-order valence-corrected chi connectivity index (χ4v) is 2.83. The van der Waals surface area contributed by atoms with Crippen molar-refractivity contribution < 1.29 is 0 Å². The predicted octanol–water partition coefficient (Wildman–Crippen LogP) is 5.23. The zero-order valence-electron chi connectivity index (χ0n) is 14.4. The summed E-state index contributed by atoms with van der Waals surface area (Å²) in [5, 5.41) is 17.2. The standard InChI is InChI=1S/C21H20N4/c1-4-15-7-6-8-17(10-15)25-21-16(12-22)13-24-20-9-14(3)19(23-5-2)11-18(20)21/h4,6-11,13,23H,1,5H2,2-3H3,(H,24,25). The lowest BCUT2D eigenvalue weighted by atomic mass is 10.1. The zero-order valence-corrected chi connectivity index (χ0v) is 14.4. The van der Waals surface area contributed by atoms with Gasteiger partial charge in [-0.3, -0.25) is 4.98 Å². The minimum Gasteiger partial charge on any atom is -0.385 e. The summed E-state index contributed by atoms with van der Waals surface area (Å²) in [5.41, 5.74) is 6.26. The van der Waals surface area contributed by atoms with Gasteiger partial charge in [0.15, 0.2) is 0 Å². The summed E-state index contributed by atoms with van der Waals surface area (Å²) in [6.45, 7) is 8.76. The van der Waals surface area contributed by atoms with Gasteiger partial charge in [0.2, 0.25) is 0 Å². The van der Waals surface area contributed by atoms with Gasteiger partial charge in [-0.1, -0.05) is 24.8 Å². The molecule has 4 heteroatoms. The Morgan fingerprint density at radius 2 is 2.12 bits per heavy atom. The second-order valence-electron chi connectivity index (χ2n) is 5.83. The van der Waals surface area contributed by atoms with Crippen LogP contribution >= 0.6 is 0 Å². The molecule has 0 unspecified atom stereocenters. The van der Waals surface area contributed by atoms with Gasteiger partial charge in [-0.2, -0.15) is 5.26 Å². The van der Waals surface area contributed by atoms with Crippen LogP contribution in [-0.4, -0.2) is 11.5 Å². The highest BCUT2D eigenvalue weighted by Gasteiger charge is 2.12. The van der Waals surface area contributed by atoms with Crippen molar-refractivity contribution in [2.75, 3.05) is 17.2 Å². The average Bonchev–Trinajstić information content (AvgIpc) is 2.63. The van der Waals surface area contributed by atoms with Crippen LogP contribution in [0.25, 0.3) is 17.0 Å². The van der Waals surface area contributed by atoms with Gasteiger partial charge >= 0.3 is 0 Å². The first-order chi connectivity index (χ1) is 12.2. The van der Waals surface area contributed by atoms with E-state index in [9.17, 15) is 5.26 Å². The summed E-state index contributed by atoms with van der Waals surface area (Å²) < 4.78 is 0. The number of nitrogens with zero attached hydrogens (tertiary/aromatic N) is 2. The Balaban J connectivity index is 2.18. The molecule has 25 heavy (non-hydrogen) atoms.